The van der Waals surface area contributed by atoms with E-state index in [0.29, 0.717) is 6.04 Å². The van der Waals surface area contributed by atoms with Gasteiger partial charge in [-0.2, -0.15) is 11.3 Å². The fourth-order valence-corrected chi connectivity index (χ4v) is 5.83. The van der Waals surface area contributed by atoms with Crippen LogP contribution in [0.1, 0.15) is 57.7 Å². The number of alkyl carbamates (subject to hydrolysis) is 1. The average molecular weight is 556 g/mol. The van der Waals surface area contributed by atoms with Gasteiger partial charge in [-0.25, -0.2) is 9.78 Å². The summed E-state index contributed by atoms with van der Waals surface area (Å²) < 4.78 is 6.48. The molecule has 0 unspecified atom stereocenters. The number of fused-ring (bicyclic) bond motifs is 3. The molecule has 1 saturated carbocycles. The topological polar surface area (TPSA) is 79.0 Å². The number of anilines is 1. The van der Waals surface area contributed by atoms with E-state index in [1.54, 1.807) is 11.3 Å². The number of hydrogen-bond donors (Lipinski definition) is 3. The van der Waals surface area contributed by atoms with E-state index >= 15 is 0 Å². The first-order valence-corrected chi connectivity index (χ1v) is 13.8. The van der Waals surface area contributed by atoms with Gasteiger partial charge in [0.25, 0.3) is 0 Å². The van der Waals surface area contributed by atoms with Gasteiger partial charge in [-0.05, 0) is 87.0 Å². The summed E-state index contributed by atoms with van der Waals surface area (Å²) in [6, 6.07) is 11.1. The Morgan fingerprint density at radius 2 is 1.91 bits per heavy atom. The van der Waals surface area contributed by atoms with E-state index in [1.165, 1.54) is 10.9 Å². The highest BCUT2D eigenvalue weighted by Gasteiger charge is 2.26. The standard InChI is InChI=1S/C27H31BrN4O2S/c1-27(2,3)34-26(33)31-19-7-5-18(6-8-19)29-25-24-21-9-4-17(28)13-22(21)32-23(24)14-20(30-25)12-16-10-11-35-15-16/h4,9-11,13-15,18-19,32H,5-8,12H2,1-3H3,(H,29,30)(H,31,33). The van der Waals surface area contributed by atoms with Crippen molar-refractivity contribution in [1.82, 2.24) is 15.3 Å². The number of aromatic nitrogens is 2. The van der Waals surface area contributed by atoms with Gasteiger partial charge in [-0.1, -0.05) is 22.0 Å². The van der Waals surface area contributed by atoms with Crippen LogP contribution in [0.25, 0.3) is 21.8 Å². The lowest BCUT2D eigenvalue weighted by Crippen LogP contribution is -2.42. The zero-order valence-electron chi connectivity index (χ0n) is 20.3. The summed E-state index contributed by atoms with van der Waals surface area (Å²) in [5, 5.41) is 13.4. The Balaban J connectivity index is 1.36. The van der Waals surface area contributed by atoms with Crippen LogP contribution in [-0.2, 0) is 11.2 Å². The lowest BCUT2D eigenvalue weighted by Gasteiger charge is -2.31. The number of thiophene rings is 1. The molecule has 0 radical (unpaired) electrons. The van der Waals surface area contributed by atoms with E-state index in [2.05, 4.69) is 72.6 Å². The quantitative estimate of drug-likeness (QED) is 0.240. The molecular formula is C27H31BrN4O2S. The smallest absolute Gasteiger partial charge is 0.407 e. The number of nitrogens with zero attached hydrogens (tertiary/aromatic N) is 1. The van der Waals surface area contributed by atoms with Gasteiger partial charge in [0.2, 0.25) is 0 Å². The lowest BCUT2D eigenvalue weighted by molar-refractivity contribution is 0.0492. The second-order valence-corrected chi connectivity index (χ2v) is 12.0. The number of halogens is 1. The maximum atomic E-state index is 12.2. The van der Waals surface area contributed by atoms with E-state index in [4.69, 9.17) is 9.72 Å². The molecule has 5 rings (SSSR count). The van der Waals surface area contributed by atoms with Gasteiger partial charge in [0.05, 0.1) is 5.52 Å². The van der Waals surface area contributed by atoms with E-state index in [9.17, 15) is 4.79 Å². The second kappa shape index (κ2) is 9.82. The third kappa shape index (κ3) is 5.81. The number of aromatic amines is 1. The molecule has 8 heteroatoms. The molecule has 0 atom stereocenters. The third-order valence-electron chi connectivity index (χ3n) is 6.35. The normalized spacial score (nSPS) is 18.6. The minimum Gasteiger partial charge on any atom is -0.444 e. The first-order chi connectivity index (χ1) is 16.7. The van der Waals surface area contributed by atoms with Crippen molar-refractivity contribution >= 4 is 61.0 Å². The number of carbonyl (C=O) groups is 1. The number of H-pyrrole nitrogens is 1. The van der Waals surface area contributed by atoms with Crippen molar-refractivity contribution in [1.29, 1.82) is 0 Å². The highest BCUT2D eigenvalue weighted by atomic mass is 79.9. The van der Waals surface area contributed by atoms with Gasteiger partial charge in [-0.15, -0.1) is 0 Å². The number of nitrogens with one attached hydrogen (secondary N) is 3. The van der Waals surface area contributed by atoms with Gasteiger partial charge in [0.15, 0.2) is 0 Å². The Kier molecular flexibility index (Phi) is 6.77. The molecule has 3 aromatic heterocycles. The van der Waals surface area contributed by atoms with Gasteiger partial charge < -0.3 is 20.4 Å². The van der Waals surface area contributed by atoms with Gasteiger partial charge in [0.1, 0.15) is 11.4 Å². The Bertz CT molecular complexity index is 1330. The van der Waals surface area contributed by atoms with Crippen LogP contribution in [0.15, 0.2) is 45.6 Å². The third-order valence-corrected chi connectivity index (χ3v) is 7.57. The van der Waals surface area contributed by atoms with Crippen LogP contribution in [0.4, 0.5) is 10.6 Å². The van der Waals surface area contributed by atoms with E-state index in [0.717, 1.165) is 64.5 Å². The summed E-state index contributed by atoms with van der Waals surface area (Å²) in [4.78, 5) is 20.9. The van der Waals surface area contributed by atoms with Crippen LogP contribution >= 0.6 is 27.3 Å². The van der Waals surface area contributed by atoms with Crippen molar-refractivity contribution in [2.24, 2.45) is 0 Å². The average Bonchev–Trinajstić information content (AvgIpc) is 3.40. The second-order valence-electron chi connectivity index (χ2n) is 10.3. The number of benzene rings is 1. The van der Waals surface area contributed by atoms with Crippen LogP contribution in [0.5, 0.6) is 0 Å². The molecule has 35 heavy (non-hydrogen) atoms. The Labute approximate surface area is 218 Å². The monoisotopic (exact) mass is 554 g/mol. The van der Waals surface area contributed by atoms with Crippen molar-refractivity contribution in [3.8, 4) is 0 Å². The molecule has 0 bridgehead atoms. The molecule has 1 aliphatic carbocycles. The van der Waals surface area contributed by atoms with Crippen molar-refractivity contribution in [2.45, 2.75) is 70.6 Å². The molecule has 0 spiro atoms. The van der Waals surface area contributed by atoms with Crippen LogP contribution in [0.2, 0.25) is 0 Å². The highest BCUT2D eigenvalue weighted by Crippen LogP contribution is 2.34. The van der Waals surface area contributed by atoms with Crippen molar-refractivity contribution in [3.63, 3.8) is 0 Å². The summed E-state index contributed by atoms with van der Waals surface area (Å²) in [7, 11) is 0. The van der Waals surface area contributed by atoms with Crippen LogP contribution in [0.3, 0.4) is 0 Å². The molecule has 184 valence electrons. The molecule has 3 N–H and O–H groups in total. The van der Waals surface area contributed by atoms with Gasteiger partial charge in [-0.3, -0.25) is 0 Å². The summed E-state index contributed by atoms with van der Waals surface area (Å²) in [6.07, 6.45) is 4.23. The lowest BCUT2D eigenvalue weighted by atomic mass is 9.91. The highest BCUT2D eigenvalue weighted by molar-refractivity contribution is 9.10. The summed E-state index contributed by atoms with van der Waals surface area (Å²) in [5.74, 6) is 0.935. The van der Waals surface area contributed by atoms with E-state index in [-0.39, 0.29) is 12.1 Å². The van der Waals surface area contributed by atoms with E-state index in [1.807, 2.05) is 20.8 Å². The van der Waals surface area contributed by atoms with Crippen molar-refractivity contribution in [2.75, 3.05) is 5.32 Å². The van der Waals surface area contributed by atoms with E-state index < -0.39 is 5.60 Å². The zero-order valence-corrected chi connectivity index (χ0v) is 22.7. The number of pyridine rings is 1. The Morgan fingerprint density at radius 1 is 1.14 bits per heavy atom. The van der Waals surface area contributed by atoms with Crippen LogP contribution in [-0.4, -0.2) is 33.7 Å². The van der Waals surface area contributed by atoms with Gasteiger partial charge >= 0.3 is 6.09 Å². The summed E-state index contributed by atoms with van der Waals surface area (Å²) in [5.41, 5.74) is 4.03. The number of carbonyl (C=O) groups excluding carboxylic acids is 1. The molecule has 3 heterocycles. The SMILES string of the molecule is CC(C)(C)OC(=O)NC1CCC(Nc2nc(Cc3ccsc3)cc3[nH]c4cc(Br)ccc4c23)CC1. The molecule has 0 saturated heterocycles. The first-order valence-electron chi connectivity index (χ1n) is 12.1. The molecule has 6 nitrogen and oxygen atoms in total. The predicted molar refractivity (Wildman–Crippen MR) is 147 cm³/mol. The maximum Gasteiger partial charge on any atom is 0.407 e. The summed E-state index contributed by atoms with van der Waals surface area (Å²) in [6.45, 7) is 5.66. The summed E-state index contributed by atoms with van der Waals surface area (Å²) >= 11 is 5.30. The number of ether oxygens (including phenoxy) is 1. The molecule has 1 amide bonds. The fraction of sp³-hybridized carbons (Fsp3) is 0.407. The van der Waals surface area contributed by atoms with Crippen molar-refractivity contribution in [3.05, 3.63) is 56.8 Å². The minimum absolute atomic E-state index is 0.145. The Morgan fingerprint density at radius 3 is 2.63 bits per heavy atom. The Hall–Kier alpha value is -2.58. The fourth-order valence-electron chi connectivity index (χ4n) is 4.80. The molecular weight excluding hydrogens is 524 g/mol. The predicted octanol–water partition coefficient (Wildman–Crippen LogP) is 7.38. The number of rotatable bonds is 5. The molecule has 4 aromatic rings. The number of amides is 1. The number of hydrogen-bond acceptors (Lipinski definition) is 5. The zero-order chi connectivity index (χ0) is 24.6. The van der Waals surface area contributed by atoms with Crippen LogP contribution in [0, 0.1) is 0 Å². The maximum absolute atomic E-state index is 12.2. The molecule has 0 aliphatic heterocycles. The minimum atomic E-state index is -0.483. The van der Waals surface area contributed by atoms with Crippen molar-refractivity contribution < 1.29 is 9.53 Å². The largest absolute Gasteiger partial charge is 0.444 e. The first kappa shape index (κ1) is 24.1. The molecule has 1 aliphatic rings. The van der Waals surface area contributed by atoms with Gasteiger partial charge in [0, 0.05) is 45.0 Å². The molecule has 1 fully saturated rings. The van der Waals surface area contributed by atoms with Crippen LogP contribution < -0.4 is 10.6 Å². The molecule has 1 aromatic carbocycles.